The topological polar surface area (TPSA) is 52.4 Å². The fourth-order valence-electron chi connectivity index (χ4n) is 1.10. The van der Waals surface area contributed by atoms with Crippen molar-refractivity contribution in [2.45, 2.75) is 19.8 Å². The lowest BCUT2D eigenvalue weighted by atomic mass is 10.3. The molecule has 0 radical (unpaired) electrons. The Morgan fingerprint density at radius 3 is 2.62 bits per heavy atom. The van der Waals surface area contributed by atoms with Gasteiger partial charge in [-0.3, -0.25) is 10.1 Å². The minimum Gasteiger partial charge on any atom is -0.492 e. The van der Waals surface area contributed by atoms with Gasteiger partial charge in [0.2, 0.25) is 0 Å². The van der Waals surface area contributed by atoms with Crippen molar-refractivity contribution in [3.63, 3.8) is 0 Å². The molecular weight excluding hydrogens is 342 g/mol. The van der Waals surface area contributed by atoms with Crippen molar-refractivity contribution >= 4 is 37.5 Å². The van der Waals surface area contributed by atoms with Crippen LogP contribution in [0.25, 0.3) is 0 Å². The number of ether oxygens (including phenoxy) is 1. The summed E-state index contributed by atoms with van der Waals surface area (Å²) < 4.78 is 6.51. The largest absolute Gasteiger partial charge is 0.492 e. The first kappa shape index (κ1) is 13.4. The maximum absolute atomic E-state index is 10.7. The number of nitro groups is 1. The van der Waals surface area contributed by atoms with Crippen LogP contribution in [0.2, 0.25) is 0 Å². The summed E-state index contributed by atoms with van der Waals surface area (Å²) in [5.74, 6) is 0.617. The Kier molecular flexibility index (Phi) is 5.21. The Morgan fingerprint density at radius 2 is 2.06 bits per heavy atom. The molecule has 0 aliphatic carbocycles. The van der Waals surface area contributed by atoms with Gasteiger partial charge in [-0.2, -0.15) is 0 Å². The van der Waals surface area contributed by atoms with E-state index >= 15 is 0 Å². The van der Waals surface area contributed by atoms with E-state index in [9.17, 15) is 10.1 Å². The van der Waals surface area contributed by atoms with E-state index in [0.717, 1.165) is 12.8 Å². The van der Waals surface area contributed by atoms with Gasteiger partial charge in [0.05, 0.1) is 20.5 Å². The zero-order chi connectivity index (χ0) is 12.1. The molecule has 0 saturated heterocycles. The average Bonchev–Trinajstić information content (AvgIpc) is 2.22. The van der Waals surface area contributed by atoms with Crippen molar-refractivity contribution < 1.29 is 9.66 Å². The van der Waals surface area contributed by atoms with Gasteiger partial charge in [-0.25, -0.2) is 0 Å². The van der Waals surface area contributed by atoms with Gasteiger partial charge < -0.3 is 4.74 Å². The van der Waals surface area contributed by atoms with Crippen molar-refractivity contribution in [3.8, 4) is 5.75 Å². The first-order valence-electron chi connectivity index (χ1n) is 4.82. The summed E-state index contributed by atoms with van der Waals surface area (Å²) in [6.07, 6.45) is 2.01. The highest BCUT2D eigenvalue weighted by molar-refractivity contribution is 9.11. The molecule has 0 amide bonds. The van der Waals surface area contributed by atoms with Gasteiger partial charge in [-0.05, 0) is 38.3 Å². The number of nitrogens with zero attached hydrogens (tertiary/aromatic N) is 1. The molecule has 16 heavy (non-hydrogen) atoms. The Labute approximate surface area is 110 Å². The Hall–Kier alpha value is -0.620. The van der Waals surface area contributed by atoms with Crippen molar-refractivity contribution in [1.82, 2.24) is 0 Å². The van der Waals surface area contributed by atoms with E-state index in [1.807, 2.05) is 0 Å². The predicted molar refractivity (Wildman–Crippen MR) is 68.9 cm³/mol. The molecule has 1 aromatic rings. The molecule has 0 bridgehead atoms. The monoisotopic (exact) mass is 351 g/mol. The molecule has 0 aliphatic rings. The van der Waals surface area contributed by atoms with E-state index in [-0.39, 0.29) is 5.69 Å². The van der Waals surface area contributed by atoms with Gasteiger partial charge in [0, 0.05) is 12.1 Å². The fourth-order valence-corrected chi connectivity index (χ4v) is 2.01. The third-order valence-corrected chi connectivity index (χ3v) is 3.21. The van der Waals surface area contributed by atoms with Crippen LogP contribution in [-0.4, -0.2) is 11.5 Å². The van der Waals surface area contributed by atoms with E-state index in [2.05, 4.69) is 38.8 Å². The zero-order valence-electron chi connectivity index (χ0n) is 8.70. The molecule has 6 heteroatoms. The van der Waals surface area contributed by atoms with Gasteiger partial charge in [0.15, 0.2) is 0 Å². The second-order valence-corrected chi connectivity index (χ2v) is 4.90. The molecular formula is C10H11Br2NO3. The number of rotatable bonds is 5. The van der Waals surface area contributed by atoms with Gasteiger partial charge >= 0.3 is 0 Å². The molecule has 0 spiro atoms. The molecule has 0 atom stereocenters. The maximum atomic E-state index is 10.7. The SMILES string of the molecule is CCCCOc1cc(Br)c([N+](=O)[O-])cc1Br. The van der Waals surface area contributed by atoms with Crippen molar-refractivity contribution in [3.05, 3.63) is 31.2 Å². The standard InChI is InChI=1S/C10H11Br2NO3/c1-2-3-4-16-10-6-7(11)9(13(14)15)5-8(10)12/h5-6H,2-4H2,1H3. The first-order chi connectivity index (χ1) is 7.56. The third kappa shape index (κ3) is 3.45. The number of halogens is 2. The van der Waals surface area contributed by atoms with Gasteiger partial charge in [-0.15, -0.1) is 0 Å². The lowest BCUT2D eigenvalue weighted by molar-refractivity contribution is -0.385. The zero-order valence-corrected chi connectivity index (χ0v) is 11.9. The van der Waals surface area contributed by atoms with Gasteiger partial charge in [0.25, 0.3) is 5.69 Å². The Morgan fingerprint density at radius 1 is 1.38 bits per heavy atom. The van der Waals surface area contributed by atoms with Crippen LogP contribution < -0.4 is 4.74 Å². The Balaban J connectivity index is 2.88. The molecule has 0 heterocycles. The van der Waals surface area contributed by atoms with Crippen LogP contribution in [0, 0.1) is 10.1 Å². The molecule has 0 aliphatic heterocycles. The number of hydrogen-bond donors (Lipinski definition) is 0. The molecule has 1 rings (SSSR count). The minimum absolute atomic E-state index is 0.0229. The molecule has 88 valence electrons. The highest BCUT2D eigenvalue weighted by Crippen LogP contribution is 2.35. The fraction of sp³-hybridized carbons (Fsp3) is 0.400. The van der Waals surface area contributed by atoms with Crippen LogP contribution in [0.15, 0.2) is 21.1 Å². The normalized spacial score (nSPS) is 10.2. The van der Waals surface area contributed by atoms with E-state index < -0.39 is 4.92 Å². The second-order valence-electron chi connectivity index (χ2n) is 3.19. The predicted octanol–water partition coefficient (Wildman–Crippen LogP) is 4.30. The number of benzene rings is 1. The first-order valence-corrected chi connectivity index (χ1v) is 6.41. The summed E-state index contributed by atoms with van der Waals surface area (Å²) in [4.78, 5) is 10.2. The quantitative estimate of drug-likeness (QED) is 0.451. The van der Waals surface area contributed by atoms with Crippen LogP contribution in [-0.2, 0) is 0 Å². The molecule has 0 aromatic heterocycles. The summed E-state index contributed by atoms with van der Waals surface area (Å²) in [6, 6.07) is 3.04. The molecule has 4 nitrogen and oxygen atoms in total. The lowest BCUT2D eigenvalue weighted by Gasteiger charge is -2.08. The molecule has 0 fully saturated rings. The van der Waals surface area contributed by atoms with Gasteiger partial charge in [-0.1, -0.05) is 13.3 Å². The van der Waals surface area contributed by atoms with Crippen LogP contribution in [0.1, 0.15) is 19.8 Å². The lowest BCUT2D eigenvalue weighted by Crippen LogP contribution is -1.98. The van der Waals surface area contributed by atoms with Crippen LogP contribution in [0.3, 0.4) is 0 Å². The minimum atomic E-state index is -0.440. The summed E-state index contributed by atoms with van der Waals surface area (Å²) in [7, 11) is 0. The summed E-state index contributed by atoms with van der Waals surface area (Å²) in [5, 5.41) is 10.7. The second kappa shape index (κ2) is 6.20. The van der Waals surface area contributed by atoms with Crippen molar-refractivity contribution in [2.24, 2.45) is 0 Å². The highest BCUT2D eigenvalue weighted by Gasteiger charge is 2.15. The smallest absolute Gasteiger partial charge is 0.284 e. The number of hydrogen-bond acceptors (Lipinski definition) is 3. The maximum Gasteiger partial charge on any atom is 0.284 e. The van der Waals surface area contributed by atoms with Crippen molar-refractivity contribution in [1.29, 1.82) is 0 Å². The third-order valence-electron chi connectivity index (χ3n) is 1.95. The van der Waals surface area contributed by atoms with Gasteiger partial charge in [0.1, 0.15) is 5.75 Å². The molecule has 1 aromatic carbocycles. The van der Waals surface area contributed by atoms with E-state index in [1.54, 1.807) is 6.07 Å². The summed E-state index contributed by atoms with van der Waals surface area (Å²) in [6.45, 7) is 2.68. The highest BCUT2D eigenvalue weighted by atomic mass is 79.9. The van der Waals surface area contributed by atoms with Crippen LogP contribution >= 0.6 is 31.9 Å². The number of unbranched alkanes of at least 4 members (excludes halogenated alkanes) is 1. The van der Waals surface area contributed by atoms with E-state index in [1.165, 1.54) is 6.07 Å². The molecule has 0 N–H and O–H groups in total. The average molecular weight is 353 g/mol. The van der Waals surface area contributed by atoms with Crippen LogP contribution in [0.5, 0.6) is 5.75 Å². The number of nitro benzene ring substituents is 1. The van der Waals surface area contributed by atoms with E-state index in [0.29, 0.717) is 21.3 Å². The summed E-state index contributed by atoms with van der Waals surface area (Å²) >= 11 is 6.40. The Bertz CT molecular complexity index is 396. The van der Waals surface area contributed by atoms with Crippen molar-refractivity contribution in [2.75, 3.05) is 6.61 Å². The van der Waals surface area contributed by atoms with E-state index in [4.69, 9.17) is 4.74 Å². The summed E-state index contributed by atoms with van der Waals surface area (Å²) in [5.41, 5.74) is 0.0229. The molecule has 0 unspecified atom stereocenters. The van der Waals surface area contributed by atoms with Crippen LogP contribution in [0.4, 0.5) is 5.69 Å². The molecule has 0 saturated carbocycles.